The maximum atomic E-state index is 4.91. The van der Waals surface area contributed by atoms with E-state index in [1.54, 1.807) is 0 Å². The lowest BCUT2D eigenvalue weighted by molar-refractivity contribution is 0.791. The molecule has 1 heterocycles. The fraction of sp³-hybridized carbons (Fsp3) is 0.294. The first-order valence-corrected chi connectivity index (χ1v) is 6.89. The standard InChI is InChI=1S/C17H18N2/c1-4-14-16(11(2)3)19-17-13-8-6-5-7-12(13)9-10-15(17)18-14/h5-11H,4H2,1-3H3. The van der Waals surface area contributed by atoms with Crippen molar-refractivity contribution >= 4 is 21.8 Å². The molecule has 0 bridgehead atoms. The van der Waals surface area contributed by atoms with Crippen molar-refractivity contribution in [3.8, 4) is 0 Å². The third kappa shape index (κ3) is 1.97. The zero-order valence-electron chi connectivity index (χ0n) is 11.6. The number of fused-ring (bicyclic) bond motifs is 3. The highest BCUT2D eigenvalue weighted by atomic mass is 14.8. The van der Waals surface area contributed by atoms with Gasteiger partial charge >= 0.3 is 0 Å². The molecule has 2 heteroatoms. The fourth-order valence-corrected chi connectivity index (χ4v) is 2.56. The molecule has 3 rings (SSSR count). The average molecular weight is 250 g/mol. The van der Waals surface area contributed by atoms with Gasteiger partial charge in [0.05, 0.1) is 22.4 Å². The predicted octanol–water partition coefficient (Wildman–Crippen LogP) is 4.47. The molecule has 0 aliphatic carbocycles. The third-order valence-electron chi connectivity index (χ3n) is 3.54. The molecule has 0 fully saturated rings. The number of nitrogens with zero attached hydrogens (tertiary/aromatic N) is 2. The summed E-state index contributed by atoms with van der Waals surface area (Å²) in [5.41, 5.74) is 4.28. The Bertz CT molecular complexity index is 745. The van der Waals surface area contributed by atoms with Gasteiger partial charge in [0, 0.05) is 5.39 Å². The fourth-order valence-electron chi connectivity index (χ4n) is 2.56. The molecule has 3 aromatic rings. The van der Waals surface area contributed by atoms with Gasteiger partial charge in [-0.3, -0.25) is 0 Å². The molecular formula is C17H18N2. The number of benzene rings is 2. The highest BCUT2D eigenvalue weighted by Gasteiger charge is 2.12. The normalized spacial score (nSPS) is 11.6. The van der Waals surface area contributed by atoms with Crippen LogP contribution < -0.4 is 0 Å². The van der Waals surface area contributed by atoms with E-state index in [1.165, 1.54) is 10.8 Å². The second-order valence-corrected chi connectivity index (χ2v) is 5.22. The maximum absolute atomic E-state index is 4.91. The highest BCUT2D eigenvalue weighted by molar-refractivity contribution is 6.03. The van der Waals surface area contributed by atoms with Crippen molar-refractivity contribution in [1.29, 1.82) is 0 Å². The number of hydrogen-bond donors (Lipinski definition) is 0. The van der Waals surface area contributed by atoms with Gasteiger partial charge in [-0.25, -0.2) is 9.97 Å². The molecule has 0 saturated carbocycles. The molecule has 2 nitrogen and oxygen atoms in total. The van der Waals surface area contributed by atoms with Crippen molar-refractivity contribution in [3.05, 3.63) is 47.8 Å². The van der Waals surface area contributed by atoms with Crippen LogP contribution in [0.3, 0.4) is 0 Å². The van der Waals surface area contributed by atoms with Crippen LogP contribution in [0.25, 0.3) is 21.8 Å². The molecule has 1 aromatic heterocycles. The van der Waals surface area contributed by atoms with E-state index in [-0.39, 0.29) is 0 Å². The van der Waals surface area contributed by atoms with Gasteiger partial charge < -0.3 is 0 Å². The van der Waals surface area contributed by atoms with E-state index in [9.17, 15) is 0 Å². The van der Waals surface area contributed by atoms with Crippen LogP contribution in [0.5, 0.6) is 0 Å². The smallest absolute Gasteiger partial charge is 0.0968 e. The minimum atomic E-state index is 0.408. The summed E-state index contributed by atoms with van der Waals surface area (Å²) in [6.07, 6.45) is 0.934. The van der Waals surface area contributed by atoms with E-state index in [0.29, 0.717) is 5.92 Å². The molecule has 0 aliphatic rings. The average Bonchev–Trinajstić information content (AvgIpc) is 2.45. The molecule has 19 heavy (non-hydrogen) atoms. The Hall–Kier alpha value is -1.96. The van der Waals surface area contributed by atoms with Crippen LogP contribution in [0.1, 0.15) is 38.1 Å². The topological polar surface area (TPSA) is 25.8 Å². The summed E-state index contributed by atoms with van der Waals surface area (Å²) in [6, 6.07) is 12.6. The number of hydrogen-bond acceptors (Lipinski definition) is 2. The first kappa shape index (κ1) is 12.1. The Balaban J connectivity index is 2.42. The molecule has 96 valence electrons. The van der Waals surface area contributed by atoms with Crippen molar-refractivity contribution in [3.63, 3.8) is 0 Å². The van der Waals surface area contributed by atoms with Crippen molar-refractivity contribution in [1.82, 2.24) is 9.97 Å². The summed E-state index contributed by atoms with van der Waals surface area (Å²) in [5.74, 6) is 0.408. The van der Waals surface area contributed by atoms with Gasteiger partial charge in [0.2, 0.25) is 0 Å². The Morgan fingerprint density at radius 1 is 1.00 bits per heavy atom. The van der Waals surface area contributed by atoms with Gasteiger partial charge in [-0.1, -0.05) is 51.1 Å². The summed E-state index contributed by atoms with van der Waals surface area (Å²) in [4.78, 5) is 9.71. The monoisotopic (exact) mass is 250 g/mol. The molecule has 0 unspecified atom stereocenters. The lowest BCUT2D eigenvalue weighted by Gasteiger charge is -2.12. The zero-order chi connectivity index (χ0) is 13.4. The van der Waals surface area contributed by atoms with Crippen molar-refractivity contribution in [2.75, 3.05) is 0 Å². The van der Waals surface area contributed by atoms with Crippen LogP contribution in [0.15, 0.2) is 36.4 Å². The van der Waals surface area contributed by atoms with Gasteiger partial charge in [-0.15, -0.1) is 0 Å². The summed E-state index contributed by atoms with van der Waals surface area (Å²) < 4.78 is 0. The first-order chi connectivity index (χ1) is 9.20. The molecule has 0 aliphatic heterocycles. The van der Waals surface area contributed by atoms with E-state index in [2.05, 4.69) is 57.2 Å². The highest BCUT2D eigenvalue weighted by Crippen LogP contribution is 2.26. The molecule has 0 spiro atoms. The van der Waals surface area contributed by atoms with Gasteiger partial charge in [-0.05, 0) is 23.8 Å². The SMILES string of the molecule is CCc1nc2ccc3ccccc3c2nc1C(C)C. The summed E-state index contributed by atoms with van der Waals surface area (Å²) in [7, 11) is 0. The largest absolute Gasteiger partial charge is 0.249 e. The molecule has 0 N–H and O–H groups in total. The van der Waals surface area contributed by atoms with Crippen molar-refractivity contribution in [2.45, 2.75) is 33.1 Å². The first-order valence-electron chi connectivity index (χ1n) is 6.89. The van der Waals surface area contributed by atoms with Crippen LogP contribution >= 0.6 is 0 Å². The van der Waals surface area contributed by atoms with E-state index >= 15 is 0 Å². The number of aryl methyl sites for hydroxylation is 1. The van der Waals surface area contributed by atoms with E-state index in [0.717, 1.165) is 28.8 Å². The Morgan fingerprint density at radius 2 is 1.79 bits per heavy atom. The third-order valence-corrected chi connectivity index (χ3v) is 3.54. The Morgan fingerprint density at radius 3 is 2.53 bits per heavy atom. The minimum absolute atomic E-state index is 0.408. The van der Waals surface area contributed by atoms with E-state index < -0.39 is 0 Å². The van der Waals surface area contributed by atoms with Crippen molar-refractivity contribution < 1.29 is 0 Å². The molecule has 2 aromatic carbocycles. The lowest BCUT2D eigenvalue weighted by Crippen LogP contribution is -2.03. The molecular weight excluding hydrogens is 232 g/mol. The second kappa shape index (κ2) is 4.61. The van der Waals surface area contributed by atoms with Gasteiger partial charge in [-0.2, -0.15) is 0 Å². The summed E-state index contributed by atoms with van der Waals surface area (Å²) >= 11 is 0. The minimum Gasteiger partial charge on any atom is -0.249 e. The number of rotatable bonds is 2. The summed E-state index contributed by atoms with van der Waals surface area (Å²) in [6.45, 7) is 6.50. The second-order valence-electron chi connectivity index (χ2n) is 5.22. The lowest BCUT2D eigenvalue weighted by atomic mass is 10.0. The van der Waals surface area contributed by atoms with Gasteiger partial charge in [0.25, 0.3) is 0 Å². The van der Waals surface area contributed by atoms with E-state index in [1.807, 2.05) is 0 Å². The molecule has 0 radical (unpaired) electrons. The van der Waals surface area contributed by atoms with Gasteiger partial charge in [0.15, 0.2) is 0 Å². The summed E-state index contributed by atoms with van der Waals surface area (Å²) in [5, 5.41) is 2.42. The number of aromatic nitrogens is 2. The quantitative estimate of drug-likeness (QED) is 0.627. The van der Waals surface area contributed by atoms with Gasteiger partial charge in [0.1, 0.15) is 0 Å². The van der Waals surface area contributed by atoms with Crippen molar-refractivity contribution in [2.24, 2.45) is 0 Å². The zero-order valence-corrected chi connectivity index (χ0v) is 11.6. The maximum Gasteiger partial charge on any atom is 0.0968 e. The Kier molecular flexibility index (Phi) is 2.94. The van der Waals surface area contributed by atoms with Crippen LogP contribution in [0, 0.1) is 0 Å². The van der Waals surface area contributed by atoms with Crippen LogP contribution in [-0.4, -0.2) is 9.97 Å². The van der Waals surface area contributed by atoms with Crippen LogP contribution in [0.4, 0.5) is 0 Å². The van der Waals surface area contributed by atoms with E-state index in [4.69, 9.17) is 9.97 Å². The van der Waals surface area contributed by atoms with Crippen LogP contribution in [0.2, 0.25) is 0 Å². The predicted molar refractivity (Wildman–Crippen MR) is 80.5 cm³/mol. The Labute approximate surface area is 113 Å². The molecule has 0 saturated heterocycles. The van der Waals surface area contributed by atoms with Crippen LogP contribution in [-0.2, 0) is 6.42 Å². The molecule has 0 amide bonds. The molecule has 0 atom stereocenters.